The first-order valence-corrected chi connectivity index (χ1v) is 9.65. The number of benzene rings is 1. The molecule has 0 aliphatic carbocycles. The van der Waals surface area contributed by atoms with Gasteiger partial charge in [-0.3, -0.25) is 9.78 Å². The highest BCUT2D eigenvalue weighted by atomic mass is 16.5. The third-order valence-electron chi connectivity index (χ3n) is 5.32. The molecule has 2 fully saturated rings. The van der Waals surface area contributed by atoms with Crippen LogP contribution in [0.2, 0.25) is 0 Å². The number of carbonyl (C=O) groups excluding carboxylic acids is 1. The Morgan fingerprint density at radius 2 is 2.22 bits per heavy atom. The molecule has 0 saturated carbocycles. The lowest BCUT2D eigenvalue weighted by Crippen LogP contribution is -2.41. The van der Waals surface area contributed by atoms with Gasteiger partial charge in [0.2, 0.25) is 0 Å². The quantitative estimate of drug-likeness (QED) is 0.892. The summed E-state index contributed by atoms with van der Waals surface area (Å²) < 4.78 is 5.64. The van der Waals surface area contributed by atoms with Crippen molar-refractivity contribution in [1.82, 2.24) is 20.2 Å². The van der Waals surface area contributed by atoms with Crippen LogP contribution in [0.4, 0.5) is 5.82 Å². The molecular weight excluding hydrogens is 342 g/mol. The zero-order valence-electron chi connectivity index (χ0n) is 16.2. The van der Waals surface area contributed by atoms with Gasteiger partial charge in [0, 0.05) is 38.8 Å². The number of fused-ring (bicyclic) bond motifs is 1. The van der Waals surface area contributed by atoms with Crippen LogP contribution < -0.4 is 10.2 Å². The molecule has 2 aromatic rings. The van der Waals surface area contributed by atoms with Crippen molar-refractivity contribution < 1.29 is 9.53 Å². The highest BCUT2D eigenvalue weighted by molar-refractivity contribution is 5.98. The fraction of sp³-hybridized carbons (Fsp3) is 0.550. The zero-order valence-corrected chi connectivity index (χ0v) is 16.2. The number of amides is 1. The molecule has 3 heterocycles. The Kier molecular flexibility index (Phi) is 4.97. The molecule has 144 valence electrons. The molecule has 0 spiro atoms. The topological polar surface area (TPSA) is 70.6 Å². The van der Waals surface area contributed by atoms with Crippen LogP contribution in [0.25, 0.3) is 11.0 Å². The number of hydrogen-bond acceptors (Lipinski definition) is 6. The monoisotopic (exact) mass is 369 g/mol. The summed E-state index contributed by atoms with van der Waals surface area (Å²) in [5.41, 5.74) is 3.40. The van der Waals surface area contributed by atoms with Crippen LogP contribution in [0.3, 0.4) is 0 Å². The number of hydrogen-bond donors (Lipinski definition) is 1. The summed E-state index contributed by atoms with van der Waals surface area (Å²) in [5.74, 6) is 0.868. The highest BCUT2D eigenvalue weighted by Gasteiger charge is 2.24. The van der Waals surface area contributed by atoms with Gasteiger partial charge in [0.25, 0.3) is 5.91 Å². The number of nitrogens with zero attached hydrogens (tertiary/aromatic N) is 4. The van der Waals surface area contributed by atoms with E-state index in [0.29, 0.717) is 12.2 Å². The minimum atomic E-state index is -0.0102. The predicted molar refractivity (Wildman–Crippen MR) is 105 cm³/mol. The average molecular weight is 369 g/mol. The number of rotatable bonds is 3. The molecule has 7 heteroatoms. The predicted octanol–water partition coefficient (Wildman–Crippen LogP) is 1.98. The van der Waals surface area contributed by atoms with Gasteiger partial charge in [-0.15, -0.1) is 0 Å². The van der Waals surface area contributed by atoms with Crippen LogP contribution in [0.1, 0.15) is 41.7 Å². The number of ether oxygens (including phenoxy) is 1. The van der Waals surface area contributed by atoms with Gasteiger partial charge in [-0.1, -0.05) is 0 Å². The second kappa shape index (κ2) is 7.40. The first-order chi connectivity index (χ1) is 13.0. The molecule has 7 nitrogen and oxygen atoms in total. The fourth-order valence-corrected chi connectivity index (χ4v) is 3.91. The number of carbonyl (C=O) groups is 1. The minimum absolute atomic E-state index is 0.0102. The molecule has 1 aromatic carbocycles. The van der Waals surface area contributed by atoms with E-state index < -0.39 is 0 Å². The van der Waals surface area contributed by atoms with Crippen molar-refractivity contribution in [1.29, 1.82) is 0 Å². The highest BCUT2D eigenvalue weighted by Crippen LogP contribution is 2.31. The standard InChI is InChI=1S/C20H27N5O2/c1-13-12-25(7-8-27-13)18-11-22-17-10-14(20(26)24(2)3)9-15(19(17)23-18)16-5-4-6-21-16/h9-11,13,16,21H,4-8,12H2,1-3H3/t13-,16?/m1/s1. The second-order valence-electron chi connectivity index (χ2n) is 7.64. The Labute approximate surface area is 159 Å². The maximum atomic E-state index is 12.5. The zero-order chi connectivity index (χ0) is 19.0. The summed E-state index contributed by atoms with van der Waals surface area (Å²) in [4.78, 5) is 26.0. The second-order valence-corrected chi connectivity index (χ2v) is 7.64. The van der Waals surface area contributed by atoms with Crippen LogP contribution in [0.5, 0.6) is 0 Å². The number of aromatic nitrogens is 2. The number of morpholine rings is 1. The van der Waals surface area contributed by atoms with E-state index in [2.05, 4.69) is 22.1 Å². The summed E-state index contributed by atoms with van der Waals surface area (Å²) in [6, 6.07) is 4.07. The summed E-state index contributed by atoms with van der Waals surface area (Å²) in [5, 5.41) is 3.54. The van der Waals surface area contributed by atoms with Crippen LogP contribution in [-0.4, -0.2) is 67.2 Å². The first-order valence-electron chi connectivity index (χ1n) is 9.65. The molecule has 1 amide bonds. The van der Waals surface area contributed by atoms with Crippen molar-refractivity contribution >= 4 is 22.8 Å². The third-order valence-corrected chi connectivity index (χ3v) is 5.32. The summed E-state index contributed by atoms with van der Waals surface area (Å²) in [7, 11) is 3.54. The molecule has 2 aliphatic rings. The molecule has 2 saturated heterocycles. The smallest absolute Gasteiger partial charge is 0.253 e. The molecule has 4 rings (SSSR count). The summed E-state index contributed by atoms with van der Waals surface area (Å²) in [6.07, 6.45) is 4.18. The summed E-state index contributed by atoms with van der Waals surface area (Å²) >= 11 is 0. The van der Waals surface area contributed by atoms with Gasteiger partial charge in [0.05, 0.1) is 29.9 Å². The maximum Gasteiger partial charge on any atom is 0.253 e. The van der Waals surface area contributed by atoms with E-state index in [1.165, 1.54) is 0 Å². The van der Waals surface area contributed by atoms with Crippen molar-refractivity contribution in [2.45, 2.75) is 31.9 Å². The van der Waals surface area contributed by atoms with Gasteiger partial charge in [0.15, 0.2) is 0 Å². The molecule has 1 N–H and O–H groups in total. The largest absolute Gasteiger partial charge is 0.375 e. The van der Waals surface area contributed by atoms with Crippen molar-refractivity contribution in [3.8, 4) is 0 Å². The maximum absolute atomic E-state index is 12.5. The third kappa shape index (κ3) is 3.61. The summed E-state index contributed by atoms with van der Waals surface area (Å²) in [6.45, 7) is 5.40. The molecular formula is C20H27N5O2. The van der Waals surface area contributed by atoms with E-state index in [-0.39, 0.29) is 18.1 Å². The van der Waals surface area contributed by atoms with Gasteiger partial charge in [-0.25, -0.2) is 4.98 Å². The first kappa shape index (κ1) is 18.1. The van der Waals surface area contributed by atoms with Crippen LogP contribution >= 0.6 is 0 Å². The molecule has 27 heavy (non-hydrogen) atoms. The van der Waals surface area contributed by atoms with Crippen molar-refractivity contribution in [3.63, 3.8) is 0 Å². The Hall–Kier alpha value is -2.25. The van der Waals surface area contributed by atoms with Crippen molar-refractivity contribution in [2.75, 3.05) is 45.2 Å². The van der Waals surface area contributed by atoms with Crippen LogP contribution in [0, 0.1) is 0 Å². The normalized spacial score (nSPS) is 23.0. The fourth-order valence-electron chi connectivity index (χ4n) is 3.91. The van der Waals surface area contributed by atoms with Gasteiger partial charge < -0.3 is 19.9 Å². The lowest BCUT2D eigenvalue weighted by Gasteiger charge is -2.32. The van der Waals surface area contributed by atoms with Gasteiger partial charge in [-0.05, 0) is 44.0 Å². The van der Waals surface area contributed by atoms with E-state index in [1.807, 2.05) is 18.3 Å². The van der Waals surface area contributed by atoms with E-state index >= 15 is 0 Å². The van der Waals surface area contributed by atoms with E-state index in [0.717, 1.165) is 54.9 Å². The van der Waals surface area contributed by atoms with Crippen molar-refractivity contribution in [2.24, 2.45) is 0 Å². The average Bonchev–Trinajstić information content (AvgIpc) is 3.20. The Morgan fingerprint density at radius 3 is 2.93 bits per heavy atom. The van der Waals surface area contributed by atoms with Crippen LogP contribution in [-0.2, 0) is 4.74 Å². The van der Waals surface area contributed by atoms with E-state index in [9.17, 15) is 4.79 Å². The molecule has 1 aromatic heterocycles. The SMILES string of the molecule is C[C@@H]1CN(c2cnc3cc(C(=O)N(C)C)cc(C4CCCN4)c3n2)CCO1. The number of nitrogens with one attached hydrogen (secondary N) is 1. The molecule has 1 unspecified atom stereocenters. The molecule has 0 radical (unpaired) electrons. The van der Waals surface area contributed by atoms with Crippen molar-refractivity contribution in [3.05, 3.63) is 29.5 Å². The molecule has 0 bridgehead atoms. The Bertz CT molecular complexity index is 848. The lowest BCUT2D eigenvalue weighted by molar-refractivity contribution is 0.0529. The van der Waals surface area contributed by atoms with E-state index in [1.54, 1.807) is 19.0 Å². The molecule has 2 aliphatic heterocycles. The van der Waals surface area contributed by atoms with Crippen LogP contribution in [0.15, 0.2) is 18.3 Å². The van der Waals surface area contributed by atoms with E-state index in [4.69, 9.17) is 9.72 Å². The van der Waals surface area contributed by atoms with Gasteiger partial charge >= 0.3 is 0 Å². The Balaban J connectivity index is 1.80. The van der Waals surface area contributed by atoms with Gasteiger partial charge in [0.1, 0.15) is 5.82 Å². The minimum Gasteiger partial charge on any atom is -0.375 e. The molecule has 2 atom stereocenters. The number of anilines is 1. The Morgan fingerprint density at radius 1 is 1.37 bits per heavy atom. The lowest BCUT2D eigenvalue weighted by atomic mass is 9.99. The van der Waals surface area contributed by atoms with Gasteiger partial charge in [-0.2, -0.15) is 0 Å².